The van der Waals surface area contributed by atoms with Crippen molar-refractivity contribution in [1.82, 2.24) is 5.43 Å². The summed E-state index contributed by atoms with van der Waals surface area (Å²) < 4.78 is 15.7. The molecule has 2 rings (SSSR count). The Morgan fingerprint density at radius 3 is 2.30 bits per heavy atom. The molecule has 2 aromatic carbocycles. The molecule has 0 fully saturated rings. The van der Waals surface area contributed by atoms with Crippen LogP contribution in [0, 0.1) is 10.1 Å². The number of hydrogen-bond acceptors (Lipinski definition) is 7. The van der Waals surface area contributed by atoms with Gasteiger partial charge in [-0.1, -0.05) is 11.6 Å². The molecule has 0 aliphatic rings. The molecule has 1 N–H and O–H groups in total. The van der Waals surface area contributed by atoms with E-state index in [2.05, 4.69) is 10.5 Å². The summed E-state index contributed by atoms with van der Waals surface area (Å²) in [5.41, 5.74) is 2.55. The van der Waals surface area contributed by atoms with Crippen molar-refractivity contribution in [3.63, 3.8) is 0 Å². The van der Waals surface area contributed by atoms with E-state index in [9.17, 15) is 14.9 Å². The van der Waals surface area contributed by atoms with Crippen molar-refractivity contribution in [2.45, 2.75) is 0 Å². The molecule has 0 radical (unpaired) electrons. The highest BCUT2D eigenvalue weighted by Gasteiger charge is 2.16. The Morgan fingerprint density at radius 1 is 1.15 bits per heavy atom. The number of carbonyl (C=O) groups is 1. The number of nitro benzene ring substituents is 1. The largest absolute Gasteiger partial charge is 0.493 e. The summed E-state index contributed by atoms with van der Waals surface area (Å²) in [6.45, 7) is 0. The van der Waals surface area contributed by atoms with Crippen molar-refractivity contribution in [2.75, 3.05) is 21.3 Å². The summed E-state index contributed by atoms with van der Waals surface area (Å²) in [6.07, 6.45) is 1.37. The lowest BCUT2D eigenvalue weighted by atomic mass is 10.2. The van der Waals surface area contributed by atoms with Crippen LogP contribution in [0.25, 0.3) is 0 Å². The standard InChI is InChI=1S/C17H16ClN3O6/c1-25-14-6-10(7-15(26-2)16(14)27-3)9-19-20-17(22)11-4-5-12(18)13(8-11)21(23)24/h4-9H,1-3H3,(H,20,22)/b19-9-. The van der Waals surface area contributed by atoms with Crippen molar-refractivity contribution in [1.29, 1.82) is 0 Å². The number of amides is 1. The number of rotatable bonds is 7. The third-order valence-corrected chi connectivity index (χ3v) is 3.79. The lowest BCUT2D eigenvalue weighted by Crippen LogP contribution is -2.17. The number of nitrogens with one attached hydrogen (secondary N) is 1. The molecule has 0 aliphatic carbocycles. The van der Waals surface area contributed by atoms with Crippen molar-refractivity contribution < 1.29 is 23.9 Å². The van der Waals surface area contributed by atoms with E-state index in [4.69, 9.17) is 25.8 Å². The maximum atomic E-state index is 12.1. The number of nitrogens with zero attached hydrogens (tertiary/aromatic N) is 2. The van der Waals surface area contributed by atoms with Crippen LogP contribution in [0.5, 0.6) is 17.2 Å². The molecule has 10 heteroatoms. The number of hydrogen-bond donors (Lipinski definition) is 1. The second-order valence-electron chi connectivity index (χ2n) is 5.08. The lowest BCUT2D eigenvalue weighted by Gasteiger charge is -2.12. The molecule has 0 aliphatic heterocycles. The highest BCUT2D eigenvalue weighted by molar-refractivity contribution is 6.32. The van der Waals surface area contributed by atoms with Gasteiger partial charge in [0.1, 0.15) is 5.02 Å². The Bertz CT molecular complexity index is 875. The van der Waals surface area contributed by atoms with Crippen LogP contribution in [0.2, 0.25) is 5.02 Å². The fourth-order valence-corrected chi connectivity index (χ4v) is 2.39. The third kappa shape index (κ3) is 4.64. The van der Waals surface area contributed by atoms with Gasteiger partial charge in [0.25, 0.3) is 11.6 Å². The van der Waals surface area contributed by atoms with Gasteiger partial charge in [-0.25, -0.2) is 5.43 Å². The van der Waals surface area contributed by atoms with Gasteiger partial charge in [0.2, 0.25) is 5.75 Å². The highest BCUT2D eigenvalue weighted by Crippen LogP contribution is 2.37. The Morgan fingerprint density at radius 2 is 1.78 bits per heavy atom. The van der Waals surface area contributed by atoms with Crippen molar-refractivity contribution in [2.24, 2.45) is 5.10 Å². The van der Waals surface area contributed by atoms with E-state index in [0.29, 0.717) is 22.8 Å². The molecule has 0 unspecified atom stereocenters. The molecule has 9 nitrogen and oxygen atoms in total. The van der Waals surface area contributed by atoms with Gasteiger partial charge in [-0.3, -0.25) is 14.9 Å². The smallest absolute Gasteiger partial charge is 0.288 e. The summed E-state index contributed by atoms with van der Waals surface area (Å²) in [6, 6.07) is 7.00. The minimum absolute atomic E-state index is 0.0492. The molecule has 27 heavy (non-hydrogen) atoms. The summed E-state index contributed by atoms with van der Waals surface area (Å²) in [4.78, 5) is 22.3. The van der Waals surface area contributed by atoms with Gasteiger partial charge >= 0.3 is 0 Å². The second kappa shape index (κ2) is 8.86. The Kier molecular flexibility index (Phi) is 6.56. The van der Waals surface area contributed by atoms with E-state index < -0.39 is 10.8 Å². The Labute approximate surface area is 159 Å². The molecular formula is C17H16ClN3O6. The molecule has 0 bridgehead atoms. The van der Waals surface area contributed by atoms with Gasteiger partial charge in [-0.05, 0) is 24.3 Å². The van der Waals surface area contributed by atoms with E-state index in [-0.39, 0.29) is 16.3 Å². The quantitative estimate of drug-likeness (QED) is 0.439. The maximum absolute atomic E-state index is 12.1. The number of halogens is 1. The number of ether oxygens (including phenoxy) is 3. The Hall–Kier alpha value is -3.33. The SMILES string of the molecule is COc1cc(/C=N\NC(=O)c2ccc(Cl)c([N+](=O)[O-])c2)cc(OC)c1OC. The molecule has 0 atom stereocenters. The first-order chi connectivity index (χ1) is 12.9. The minimum Gasteiger partial charge on any atom is -0.493 e. The molecular weight excluding hydrogens is 378 g/mol. The van der Waals surface area contributed by atoms with Crippen LogP contribution < -0.4 is 19.6 Å². The van der Waals surface area contributed by atoms with Crippen LogP contribution in [0.3, 0.4) is 0 Å². The van der Waals surface area contributed by atoms with Gasteiger partial charge in [0, 0.05) is 17.2 Å². The lowest BCUT2D eigenvalue weighted by molar-refractivity contribution is -0.384. The van der Waals surface area contributed by atoms with Crippen molar-refractivity contribution >= 4 is 29.4 Å². The molecule has 1 amide bonds. The summed E-state index contributed by atoms with van der Waals surface area (Å²) in [5.74, 6) is 0.657. The van der Waals surface area contributed by atoms with Crippen LogP contribution in [-0.2, 0) is 0 Å². The fraction of sp³-hybridized carbons (Fsp3) is 0.176. The van der Waals surface area contributed by atoms with Gasteiger partial charge < -0.3 is 14.2 Å². The molecule has 0 saturated heterocycles. The van der Waals surface area contributed by atoms with E-state index >= 15 is 0 Å². The number of nitro groups is 1. The highest BCUT2D eigenvalue weighted by atomic mass is 35.5. The Balaban J connectivity index is 2.19. The van der Waals surface area contributed by atoms with E-state index in [1.165, 1.54) is 39.7 Å². The summed E-state index contributed by atoms with van der Waals surface area (Å²) >= 11 is 5.73. The summed E-state index contributed by atoms with van der Waals surface area (Å²) in [5, 5.41) is 14.7. The van der Waals surface area contributed by atoms with Gasteiger partial charge in [0.05, 0.1) is 32.5 Å². The average molecular weight is 394 g/mol. The number of hydrazone groups is 1. The fourth-order valence-electron chi connectivity index (χ4n) is 2.20. The van der Waals surface area contributed by atoms with Crippen LogP contribution in [-0.4, -0.2) is 38.4 Å². The van der Waals surface area contributed by atoms with Crippen molar-refractivity contribution in [3.8, 4) is 17.2 Å². The van der Waals surface area contributed by atoms with Crippen LogP contribution in [0.15, 0.2) is 35.4 Å². The van der Waals surface area contributed by atoms with Crippen LogP contribution >= 0.6 is 11.6 Å². The molecule has 0 aromatic heterocycles. The van der Waals surface area contributed by atoms with Crippen LogP contribution in [0.1, 0.15) is 15.9 Å². The topological polar surface area (TPSA) is 112 Å². The van der Waals surface area contributed by atoms with Gasteiger partial charge in [-0.2, -0.15) is 5.10 Å². The summed E-state index contributed by atoms with van der Waals surface area (Å²) in [7, 11) is 4.44. The van der Waals surface area contributed by atoms with Gasteiger partial charge in [0.15, 0.2) is 11.5 Å². The van der Waals surface area contributed by atoms with Crippen LogP contribution in [0.4, 0.5) is 5.69 Å². The second-order valence-corrected chi connectivity index (χ2v) is 5.49. The molecule has 142 valence electrons. The van der Waals surface area contributed by atoms with E-state index in [0.717, 1.165) is 6.07 Å². The first-order valence-electron chi connectivity index (χ1n) is 7.48. The molecule has 0 spiro atoms. The third-order valence-electron chi connectivity index (χ3n) is 3.47. The predicted molar refractivity (Wildman–Crippen MR) is 99.3 cm³/mol. The van der Waals surface area contributed by atoms with E-state index in [1.807, 2.05) is 0 Å². The maximum Gasteiger partial charge on any atom is 0.288 e. The minimum atomic E-state index is -0.668. The normalized spacial score (nSPS) is 10.5. The monoisotopic (exact) mass is 393 g/mol. The zero-order valence-electron chi connectivity index (χ0n) is 14.7. The first-order valence-corrected chi connectivity index (χ1v) is 7.86. The van der Waals surface area contributed by atoms with Crippen molar-refractivity contribution in [3.05, 3.63) is 56.6 Å². The molecule has 0 saturated carbocycles. The number of methoxy groups -OCH3 is 3. The zero-order valence-corrected chi connectivity index (χ0v) is 15.4. The molecule has 0 heterocycles. The zero-order chi connectivity index (χ0) is 20.0. The number of benzene rings is 2. The van der Waals surface area contributed by atoms with Gasteiger partial charge in [-0.15, -0.1) is 0 Å². The van der Waals surface area contributed by atoms with E-state index in [1.54, 1.807) is 12.1 Å². The first kappa shape index (κ1) is 20.0. The number of carbonyl (C=O) groups excluding carboxylic acids is 1. The average Bonchev–Trinajstić information content (AvgIpc) is 2.66. The molecule has 2 aromatic rings. The predicted octanol–water partition coefficient (Wildman–Crippen LogP) is 3.04.